The molecule has 0 bridgehead atoms. The molecule has 1 aromatic heterocycles. The van der Waals surface area contributed by atoms with Crippen molar-refractivity contribution in [3.05, 3.63) is 58.6 Å². The van der Waals surface area contributed by atoms with Gasteiger partial charge in [-0.1, -0.05) is 18.2 Å². The summed E-state index contributed by atoms with van der Waals surface area (Å²) in [6.07, 6.45) is -5.95. The molecule has 0 unspecified atom stereocenters. The quantitative estimate of drug-likeness (QED) is 0.420. The minimum absolute atomic E-state index is 0.0967. The number of fused-ring (bicyclic) bond motifs is 1. The number of nitrogens with zero attached hydrogens (tertiary/aromatic N) is 1. The molecule has 3 rings (SSSR count). The zero-order chi connectivity index (χ0) is 22.1. The molecule has 0 saturated heterocycles. The number of carbonyl (C=O) groups is 1. The van der Waals surface area contributed by atoms with Gasteiger partial charge in [0, 0.05) is 23.1 Å². The fourth-order valence-corrected chi connectivity index (χ4v) is 6.71. The average Bonchev–Trinajstić information content (AvgIpc) is 3.01. The van der Waals surface area contributed by atoms with Crippen molar-refractivity contribution >= 4 is 58.3 Å². The zero-order valence-corrected chi connectivity index (χ0v) is 18.4. The number of halogens is 4. The van der Waals surface area contributed by atoms with Crippen LogP contribution in [0.4, 0.5) is 18.2 Å². The summed E-state index contributed by atoms with van der Waals surface area (Å²) in [6.45, 7) is -0.381. The maximum Gasteiger partial charge on any atom is 0.389 e. The molecule has 1 heterocycles. The van der Waals surface area contributed by atoms with Crippen molar-refractivity contribution in [1.29, 1.82) is 0 Å². The van der Waals surface area contributed by atoms with Gasteiger partial charge in [-0.25, -0.2) is 13.2 Å². The molecule has 0 aliphatic carbocycles. The number of hydrogen-bond donors (Lipinski definition) is 1. The van der Waals surface area contributed by atoms with Crippen molar-refractivity contribution in [2.75, 3.05) is 10.8 Å². The third-order valence-electron chi connectivity index (χ3n) is 4.26. The number of carboxylic acids is 1. The monoisotopic (exact) mass is 521 g/mol. The van der Waals surface area contributed by atoms with Gasteiger partial charge >= 0.3 is 12.1 Å². The molecule has 0 fully saturated rings. The first-order valence-electron chi connectivity index (χ1n) is 8.60. The molecule has 30 heavy (non-hydrogen) atoms. The van der Waals surface area contributed by atoms with Gasteiger partial charge in [-0.3, -0.25) is 4.31 Å². The Kier molecular flexibility index (Phi) is 6.44. The van der Waals surface area contributed by atoms with E-state index in [0.717, 1.165) is 50.0 Å². The van der Waals surface area contributed by atoms with E-state index in [1.165, 1.54) is 0 Å². The summed E-state index contributed by atoms with van der Waals surface area (Å²) in [5, 5.41) is 10.0. The Hall–Kier alpha value is -2.11. The molecule has 1 N–H and O–H groups in total. The second-order valence-corrected chi connectivity index (χ2v) is 10.0. The number of carboxylic acid groups (broad SMARTS) is 1. The van der Waals surface area contributed by atoms with Crippen molar-refractivity contribution in [3.8, 4) is 0 Å². The van der Waals surface area contributed by atoms with E-state index in [4.69, 9.17) is 5.11 Å². The summed E-state index contributed by atoms with van der Waals surface area (Å²) in [4.78, 5) is 10.8. The highest BCUT2D eigenvalue weighted by atomic mass is 79.9. The van der Waals surface area contributed by atoms with Crippen molar-refractivity contribution in [2.24, 2.45) is 0 Å². The number of hydrogen-bond acceptors (Lipinski definition) is 4. The highest BCUT2D eigenvalue weighted by molar-refractivity contribution is 9.10. The van der Waals surface area contributed by atoms with Crippen LogP contribution in [0.1, 0.15) is 23.2 Å². The topological polar surface area (TPSA) is 74.7 Å². The van der Waals surface area contributed by atoms with Crippen LogP contribution in [0.15, 0.2) is 57.9 Å². The van der Waals surface area contributed by atoms with E-state index in [9.17, 15) is 26.4 Å². The SMILES string of the molecule is O=C(O)c1ccc(S(=O)(=O)N(CCCC(F)(F)F)c2sc3ccccc3c2Br)cc1. The minimum Gasteiger partial charge on any atom is -0.478 e. The Bertz CT molecular complexity index is 1170. The molecule has 2 aromatic carbocycles. The van der Waals surface area contributed by atoms with Gasteiger partial charge in [0.2, 0.25) is 0 Å². The third-order valence-corrected chi connectivity index (χ3v) is 8.44. The summed E-state index contributed by atoms with van der Waals surface area (Å²) in [5.41, 5.74) is -0.0967. The number of aromatic carboxylic acids is 1. The molecule has 0 amide bonds. The van der Waals surface area contributed by atoms with E-state index in [0.29, 0.717) is 4.47 Å². The molecule has 5 nitrogen and oxygen atoms in total. The van der Waals surface area contributed by atoms with Gasteiger partial charge in [0.1, 0.15) is 5.00 Å². The Morgan fingerprint density at radius 2 is 1.73 bits per heavy atom. The van der Waals surface area contributed by atoms with E-state index in [2.05, 4.69) is 15.9 Å². The standard InChI is InChI=1S/C19H15BrF3NO4S2/c20-16-14-4-1-2-5-15(14)29-17(16)24(11-3-10-19(21,22)23)30(27,28)13-8-6-12(7-9-13)18(25)26/h1-2,4-9H,3,10-11H2,(H,25,26). The lowest BCUT2D eigenvalue weighted by atomic mass is 10.2. The summed E-state index contributed by atoms with van der Waals surface area (Å²) in [7, 11) is -4.23. The molecule has 0 atom stereocenters. The van der Waals surface area contributed by atoms with Crippen LogP contribution in [0, 0.1) is 0 Å². The van der Waals surface area contributed by atoms with Crippen LogP contribution in [0.2, 0.25) is 0 Å². The van der Waals surface area contributed by atoms with Crippen LogP contribution >= 0.6 is 27.3 Å². The number of sulfonamides is 1. The Labute approximate surface area is 182 Å². The van der Waals surface area contributed by atoms with Crippen molar-refractivity contribution in [1.82, 2.24) is 0 Å². The molecule has 0 saturated carbocycles. The maximum absolute atomic E-state index is 13.3. The number of alkyl halides is 3. The van der Waals surface area contributed by atoms with E-state index < -0.39 is 35.0 Å². The van der Waals surface area contributed by atoms with Gasteiger partial charge in [-0.05, 0) is 52.7 Å². The van der Waals surface area contributed by atoms with Gasteiger partial charge in [-0.2, -0.15) is 13.2 Å². The number of anilines is 1. The van der Waals surface area contributed by atoms with Gasteiger partial charge < -0.3 is 5.11 Å². The van der Waals surface area contributed by atoms with Gasteiger partial charge in [0.05, 0.1) is 14.9 Å². The summed E-state index contributed by atoms with van der Waals surface area (Å²) < 4.78 is 66.8. The fraction of sp³-hybridized carbons (Fsp3) is 0.211. The van der Waals surface area contributed by atoms with E-state index in [1.807, 2.05) is 0 Å². The summed E-state index contributed by atoms with van der Waals surface area (Å²) in [5.74, 6) is -1.21. The lowest BCUT2D eigenvalue weighted by Gasteiger charge is -2.24. The zero-order valence-electron chi connectivity index (χ0n) is 15.2. The molecule has 0 aliphatic rings. The molecule has 0 spiro atoms. The highest BCUT2D eigenvalue weighted by Gasteiger charge is 2.32. The van der Waals surface area contributed by atoms with Crippen molar-refractivity contribution in [3.63, 3.8) is 0 Å². The molecule has 0 aliphatic heterocycles. The lowest BCUT2D eigenvalue weighted by Crippen LogP contribution is -2.32. The predicted molar refractivity (Wildman–Crippen MR) is 113 cm³/mol. The van der Waals surface area contributed by atoms with E-state index in [-0.39, 0.29) is 22.0 Å². The Morgan fingerprint density at radius 3 is 2.30 bits per heavy atom. The molecule has 0 radical (unpaired) electrons. The number of rotatable bonds is 7. The van der Waals surface area contributed by atoms with E-state index >= 15 is 0 Å². The van der Waals surface area contributed by atoms with Crippen LogP contribution in [0.5, 0.6) is 0 Å². The van der Waals surface area contributed by atoms with Crippen LogP contribution in [-0.2, 0) is 10.0 Å². The third kappa shape index (κ3) is 4.79. The molecular weight excluding hydrogens is 507 g/mol. The first-order chi connectivity index (χ1) is 14.0. The van der Waals surface area contributed by atoms with Gasteiger partial charge in [0.25, 0.3) is 10.0 Å². The van der Waals surface area contributed by atoms with Crippen LogP contribution in [0.3, 0.4) is 0 Å². The van der Waals surface area contributed by atoms with Crippen LogP contribution in [-0.4, -0.2) is 32.2 Å². The summed E-state index contributed by atoms with van der Waals surface area (Å²) in [6, 6.07) is 11.7. The fourth-order valence-electron chi connectivity index (χ4n) is 2.81. The minimum atomic E-state index is -4.41. The van der Waals surface area contributed by atoms with Gasteiger partial charge in [0.15, 0.2) is 0 Å². The normalized spacial score (nSPS) is 12.3. The lowest BCUT2D eigenvalue weighted by molar-refractivity contribution is -0.134. The molecule has 3 aromatic rings. The van der Waals surface area contributed by atoms with Crippen LogP contribution in [0.25, 0.3) is 10.1 Å². The van der Waals surface area contributed by atoms with Gasteiger partial charge in [-0.15, -0.1) is 11.3 Å². The van der Waals surface area contributed by atoms with Crippen molar-refractivity contribution < 1.29 is 31.5 Å². The average molecular weight is 522 g/mol. The number of benzene rings is 2. The maximum atomic E-state index is 13.3. The number of thiophene rings is 1. The Morgan fingerprint density at radius 1 is 1.10 bits per heavy atom. The second kappa shape index (κ2) is 8.56. The van der Waals surface area contributed by atoms with E-state index in [1.54, 1.807) is 24.3 Å². The van der Waals surface area contributed by atoms with Crippen molar-refractivity contribution in [2.45, 2.75) is 23.9 Å². The Balaban J connectivity index is 2.05. The summed E-state index contributed by atoms with van der Waals surface area (Å²) >= 11 is 4.53. The smallest absolute Gasteiger partial charge is 0.389 e. The largest absolute Gasteiger partial charge is 0.478 e. The molecular formula is C19H15BrF3NO4S2. The first-order valence-corrected chi connectivity index (χ1v) is 11.7. The molecule has 160 valence electrons. The highest BCUT2D eigenvalue weighted by Crippen LogP contribution is 2.44. The first kappa shape index (κ1) is 22.6. The molecule has 11 heteroatoms. The second-order valence-electron chi connectivity index (χ2n) is 6.34. The van der Waals surface area contributed by atoms with Crippen LogP contribution < -0.4 is 4.31 Å². The predicted octanol–water partition coefficient (Wildman–Crippen LogP) is 5.90.